The molecule has 1 atom stereocenters. The van der Waals surface area contributed by atoms with Gasteiger partial charge in [0.15, 0.2) is 9.84 Å². The quantitative estimate of drug-likeness (QED) is 0.877. The van der Waals surface area contributed by atoms with E-state index in [1.165, 1.54) is 7.11 Å². The Labute approximate surface area is 122 Å². The van der Waals surface area contributed by atoms with Crippen molar-refractivity contribution in [2.24, 2.45) is 5.41 Å². The average molecular weight is 299 g/mol. The zero-order chi connectivity index (χ0) is 15.4. The lowest BCUT2D eigenvalue weighted by Gasteiger charge is -2.31. The minimum atomic E-state index is -3.34. The van der Waals surface area contributed by atoms with Gasteiger partial charge >= 0.3 is 0 Å². The molecule has 0 heterocycles. The highest BCUT2D eigenvalue weighted by atomic mass is 32.2. The van der Waals surface area contributed by atoms with Gasteiger partial charge in [-0.3, -0.25) is 0 Å². The maximum Gasteiger partial charge on any atom is 0.180 e. The Bertz CT molecular complexity index is 532. The molecule has 4 nitrogen and oxygen atoms in total. The van der Waals surface area contributed by atoms with E-state index < -0.39 is 9.84 Å². The van der Waals surface area contributed by atoms with Crippen LogP contribution < -0.4 is 10.1 Å². The minimum Gasteiger partial charge on any atom is -0.497 e. The molecular formula is C15H25NO3S. The molecule has 1 aromatic carbocycles. The number of sulfone groups is 1. The number of nitrogens with one attached hydrogen (secondary N) is 1. The first-order valence-corrected chi connectivity index (χ1v) is 8.46. The number of methoxy groups -OCH3 is 1. The lowest BCUT2D eigenvalue weighted by Crippen LogP contribution is -2.45. The first-order valence-electron chi connectivity index (χ1n) is 6.81. The highest BCUT2D eigenvalue weighted by molar-refractivity contribution is 7.91. The molecule has 0 bridgehead atoms. The molecule has 0 saturated carbocycles. The molecule has 1 rings (SSSR count). The van der Waals surface area contributed by atoms with E-state index in [1.807, 2.05) is 27.7 Å². The molecule has 0 aliphatic carbocycles. The molecule has 20 heavy (non-hydrogen) atoms. The fourth-order valence-electron chi connectivity index (χ4n) is 1.97. The molecule has 1 aromatic rings. The number of ether oxygens (including phenoxy) is 1. The van der Waals surface area contributed by atoms with Gasteiger partial charge in [0.1, 0.15) is 5.75 Å². The van der Waals surface area contributed by atoms with E-state index in [4.69, 9.17) is 4.74 Å². The maximum absolute atomic E-state index is 12.5. The van der Waals surface area contributed by atoms with Gasteiger partial charge in [0.2, 0.25) is 0 Å². The number of benzene rings is 1. The van der Waals surface area contributed by atoms with E-state index in [2.05, 4.69) is 5.32 Å². The van der Waals surface area contributed by atoms with Crippen LogP contribution in [0.1, 0.15) is 27.7 Å². The third-order valence-electron chi connectivity index (χ3n) is 3.28. The van der Waals surface area contributed by atoms with Crippen LogP contribution in [0.5, 0.6) is 5.75 Å². The van der Waals surface area contributed by atoms with E-state index in [9.17, 15) is 8.42 Å². The first kappa shape index (κ1) is 17.0. The van der Waals surface area contributed by atoms with Crippen molar-refractivity contribution in [2.75, 3.05) is 19.4 Å². The summed E-state index contributed by atoms with van der Waals surface area (Å²) in [6.07, 6.45) is 0. The van der Waals surface area contributed by atoms with Gasteiger partial charge in [-0.05, 0) is 30.2 Å². The molecule has 5 heteroatoms. The summed E-state index contributed by atoms with van der Waals surface area (Å²) in [5.74, 6) is 0.638. The minimum absolute atomic E-state index is 0.0809. The molecular weight excluding hydrogens is 274 g/mol. The molecule has 0 aliphatic heterocycles. The average Bonchev–Trinajstić information content (AvgIpc) is 2.37. The molecule has 0 radical (unpaired) electrons. The van der Waals surface area contributed by atoms with Gasteiger partial charge in [-0.2, -0.15) is 0 Å². The summed E-state index contributed by atoms with van der Waals surface area (Å²) < 4.78 is 30.2. The molecule has 0 aromatic heterocycles. The van der Waals surface area contributed by atoms with E-state index in [0.29, 0.717) is 10.6 Å². The van der Waals surface area contributed by atoms with Crippen molar-refractivity contribution in [3.8, 4) is 5.75 Å². The van der Waals surface area contributed by atoms with Crippen LogP contribution in [0.4, 0.5) is 0 Å². The van der Waals surface area contributed by atoms with Gasteiger partial charge in [-0.1, -0.05) is 33.8 Å². The molecule has 1 N–H and O–H groups in total. The topological polar surface area (TPSA) is 55.4 Å². The van der Waals surface area contributed by atoms with Crippen LogP contribution in [0.2, 0.25) is 0 Å². The van der Waals surface area contributed by atoms with Gasteiger partial charge < -0.3 is 10.1 Å². The van der Waals surface area contributed by atoms with Gasteiger partial charge in [0, 0.05) is 6.04 Å². The van der Waals surface area contributed by atoms with E-state index >= 15 is 0 Å². The SMILES string of the molecule is CCNC(CS(=O)(=O)c1cccc(OC)c1)C(C)(C)C. The zero-order valence-corrected chi connectivity index (χ0v) is 13.8. The molecule has 0 saturated heterocycles. The van der Waals surface area contributed by atoms with E-state index in [1.54, 1.807) is 24.3 Å². The second-order valence-electron chi connectivity index (χ2n) is 5.94. The second-order valence-corrected chi connectivity index (χ2v) is 7.97. The van der Waals surface area contributed by atoms with Gasteiger partial charge in [0.05, 0.1) is 17.8 Å². The number of hydrogen-bond donors (Lipinski definition) is 1. The van der Waals surface area contributed by atoms with Crippen LogP contribution in [0.15, 0.2) is 29.2 Å². The van der Waals surface area contributed by atoms with Crippen LogP contribution in [0.25, 0.3) is 0 Å². The summed E-state index contributed by atoms with van der Waals surface area (Å²) in [6.45, 7) is 8.86. The first-order chi connectivity index (χ1) is 9.20. The van der Waals surface area contributed by atoms with Crippen molar-refractivity contribution in [2.45, 2.75) is 38.6 Å². The Balaban J connectivity index is 3.03. The second kappa shape index (κ2) is 6.59. The number of hydrogen-bond acceptors (Lipinski definition) is 4. The van der Waals surface area contributed by atoms with Crippen LogP contribution >= 0.6 is 0 Å². The highest BCUT2D eigenvalue weighted by Crippen LogP contribution is 2.24. The summed E-state index contributed by atoms with van der Waals surface area (Å²) in [6, 6.07) is 6.53. The van der Waals surface area contributed by atoms with Crippen molar-refractivity contribution in [3.63, 3.8) is 0 Å². The zero-order valence-electron chi connectivity index (χ0n) is 12.9. The maximum atomic E-state index is 12.5. The largest absolute Gasteiger partial charge is 0.497 e. The summed E-state index contributed by atoms with van der Waals surface area (Å²) in [7, 11) is -1.81. The Hall–Kier alpha value is -1.07. The van der Waals surface area contributed by atoms with Crippen LogP contribution in [0, 0.1) is 5.41 Å². The van der Waals surface area contributed by atoms with E-state index in [-0.39, 0.29) is 17.2 Å². The summed E-state index contributed by atoms with van der Waals surface area (Å²) in [5, 5.41) is 3.27. The molecule has 0 amide bonds. The van der Waals surface area contributed by atoms with Crippen molar-refractivity contribution < 1.29 is 13.2 Å². The van der Waals surface area contributed by atoms with Crippen molar-refractivity contribution >= 4 is 9.84 Å². The van der Waals surface area contributed by atoms with Gasteiger partial charge in [0.25, 0.3) is 0 Å². The predicted octanol–water partition coefficient (Wildman–Crippen LogP) is 2.49. The molecule has 114 valence electrons. The molecule has 1 unspecified atom stereocenters. The Morgan fingerprint density at radius 3 is 2.45 bits per heavy atom. The lowest BCUT2D eigenvalue weighted by molar-refractivity contribution is 0.292. The number of rotatable bonds is 6. The Morgan fingerprint density at radius 1 is 1.30 bits per heavy atom. The Kier molecular flexibility index (Phi) is 5.59. The fraction of sp³-hybridized carbons (Fsp3) is 0.600. The van der Waals surface area contributed by atoms with Gasteiger partial charge in [-0.15, -0.1) is 0 Å². The predicted molar refractivity (Wildman–Crippen MR) is 82.0 cm³/mol. The summed E-state index contributed by atoms with van der Waals surface area (Å²) >= 11 is 0. The van der Waals surface area contributed by atoms with Crippen LogP contribution in [0.3, 0.4) is 0 Å². The fourth-order valence-corrected chi connectivity index (χ4v) is 3.80. The monoisotopic (exact) mass is 299 g/mol. The summed E-state index contributed by atoms with van der Waals surface area (Å²) in [4.78, 5) is 0.309. The molecule has 0 fully saturated rings. The smallest absolute Gasteiger partial charge is 0.180 e. The molecule has 0 aliphatic rings. The Morgan fingerprint density at radius 2 is 1.95 bits per heavy atom. The van der Waals surface area contributed by atoms with Gasteiger partial charge in [-0.25, -0.2) is 8.42 Å². The van der Waals surface area contributed by atoms with Crippen LogP contribution in [-0.2, 0) is 9.84 Å². The van der Waals surface area contributed by atoms with Crippen molar-refractivity contribution in [1.29, 1.82) is 0 Å². The third kappa shape index (κ3) is 4.49. The van der Waals surface area contributed by atoms with Crippen molar-refractivity contribution in [3.05, 3.63) is 24.3 Å². The van der Waals surface area contributed by atoms with E-state index in [0.717, 1.165) is 6.54 Å². The highest BCUT2D eigenvalue weighted by Gasteiger charge is 2.29. The summed E-state index contributed by atoms with van der Waals surface area (Å²) in [5.41, 5.74) is -0.123. The standard InChI is InChI=1S/C15H25NO3S/c1-6-16-14(15(2,3)4)11-20(17,18)13-9-7-8-12(10-13)19-5/h7-10,14,16H,6,11H2,1-5H3. The normalized spacial score (nSPS) is 14.1. The lowest BCUT2D eigenvalue weighted by atomic mass is 9.88. The third-order valence-corrected chi connectivity index (χ3v) is 5.03. The van der Waals surface area contributed by atoms with Crippen LogP contribution in [-0.4, -0.2) is 33.9 Å². The molecule has 0 spiro atoms. The van der Waals surface area contributed by atoms with Crippen molar-refractivity contribution in [1.82, 2.24) is 5.32 Å².